The molecule has 0 aliphatic carbocycles. The molecule has 0 aromatic heterocycles. The molecule has 1 unspecified atom stereocenters. The summed E-state index contributed by atoms with van der Waals surface area (Å²) in [4.78, 5) is 33.1. The molecule has 1 rings (SSSR count). The van der Waals surface area contributed by atoms with Crippen LogP contribution in [-0.4, -0.2) is 29.1 Å². The van der Waals surface area contributed by atoms with E-state index in [-0.39, 0.29) is 11.3 Å². The van der Waals surface area contributed by atoms with Crippen molar-refractivity contribution in [2.75, 3.05) is 5.32 Å². The number of nitrogens with one attached hydrogen (secondary N) is 2. The van der Waals surface area contributed by atoms with Gasteiger partial charge in [-0.15, -0.1) is 0 Å². The Bertz CT molecular complexity index is 487. The van der Waals surface area contributed by atoms with Crippen LogP contribution >= 0.6 is 0 Å². The summed E-state index contributed by atoms with van der Waals surface area (Å²) in [6, 6.07) is 4.38. The summed E-state index contributed by atoms with van der Waals surface area (Å²) in [6.07, 6.45) is 0. The van der Waals surface area contributed by atoms with Crippen LogP contribution in [0.2, 0.25) is 0 Å². The Morgan fingerprint density at radius 2 is 1.89 bits per heavy atom. The molecule has 0 bridgehead atoms. The Morgan fingerprint density at radius 1 is 1.28 bits per heavy atom. The number of hydrogen-bond acceptors (Lipinski definition) is 3. The number of benzene rings is 1. The second-order valence-corrected chi connectivity index (χ2v) is 3.57. The number of para-hydroxylation sites is 1. The summed E-state index contributed by atoms with van der Waals surface area (Å²) >= 11 is 0. The normalized spacial score (nSPS) is 11.4. The first-order valence-corrected chi connectivity index (χ1v) is 5.11. The van der Waals surface area contributed by atoms with E-state index in [1.54, 1.807) is 12.1 Å². The lowest BCUT2D eigenvalue weighted by Crippen LogP contribution is -2.44. The molecule has 1 aromatic carbocycles. The number of carboxylic acid groups (broad SMARTS) is 1. The number of amides is 3. The zero-order valence-electron chi connectivity index (χ0n) is 9.64. The second-order valence-electron chi connectivity index (χ2n) is 3.57. The zero-order valence-corrected chi connectivity index (χ0v) is 9.64. The minimum Gasteiger partial charge on any atom is -0.478 e. The van der Waals surface area contributed by atoms with Gasteiger partial charge in [0, 0.05) is 0 Å². The van der Waals surface area contributed by atoms with Gasteiger partial charge in [0.15, 0.2) is 0 Å². The number of carbonyl (C=O) groups excluding carboxylic acids is 2. The van der Waals surface area contributed by atoms with Crippen LogP contribution in [0.4, 0.5) is 10.5 Å². The van der Waals surface area contributed by atoms with Crippen molar-refractivity contribution in [3.8, 4) is 0 Å². The Kier molecular flexibility index (Phi) is 4.25. The summed E-state index contributed by atoms with van der Waals surface area (Å²) in [5.74, 6) is -1.84. The highest BCUT2D eigenvalue weighted by Crippen LogP contribution is 2.14. The molecule has 7 nitrogen and oxygen atoms in total. The van der Waals surface area contributed by atoms with Crippen molar-refractivity contribution in [3.63, 3.8) is 0 Å². The molecule has 18 heavy (non-hydrogen) atoms. The van der Waals surface area contributed by atoms with Gasteiger partial charge in [0.05, 0.1) is 11.3 Å². The van der Waals surface area contributed by atoms with E-state index in [9.17, 15) is 14.4 Å². The van der Waals surface area contributed by atoms with E-state index in [1.165, 1.54) is 19.1 Å². The first kappa shape index (κ1) is 13.5. The van der Waals surface area contributed by atoms with Gasteiger partial charge in [-0.05, 0) is 19.1 Å². The first-order valence-electron chi connectivity index (χ1n) is 5.11. The molecular formula is C11H13N3O4. The number of nitrogens with two attached hydrogens (primary N) is 1. The van der Waals surface area contributed by atoms with E-state index < -0.39 is 23.9 Å². The smallest absolute Gasteiger partial charge is 0.337 e. The van der Waals surface area contributed by atoms with Gasteiger partial charge >= 0.3 is 12.0 Å². The van der Waals surface area contributed by atoms with Gasteiger partial charge in [0.2, 0.25) is 5.91 Å². The zero-order chi connectivity index (χ0) is 13.7. The number of carboxylic acids is 1. The summed E-state index contributed by atoms with van der Waals surface area (Å²) in [6.45, 7) is 1.42. The fourth-order valence-corrected chi connectivity index (χ4v) is 1.20. The van der Waals surface area contributed by atoms with Gasteiger partial charge in [-0.25, -0.2) is 9.59 Å². The molecule has 0 aliphatic heterocycles. The minimum absolute atomic E-state index is 0.0422. The summed E-state index contributed by atoms with van der Waals surface area (Å²) in [7, 11) is 0. The van der Waals surface area contributed by atoms with E-state index in [4.69, 9.17) is 10.8 Å². The molecule has 1 aromatic rings. The molecule has 0 radical (unpaired) electrons. The van der Waals surface area contributed by atoms with Gasteiger partial charge in [0.1, 0.15) is 6.04 Å². The average Bonchev–Trinajstić information content (AvgIpc) is 2.28. The Hall–Kier alpha value is -2.57. The van der Waals surface area contributed by atoms with E-state index in [0.717, 1.165) is 0 Å². The van der Waals surface area contributed by atoms with Gasteiger partial charge in [-0.1, -0.05) is 12.1 Å². The average molecular weight is 251 g/mol. The third-order valence-corrected chi connectivity index (χ3v) is 2.18. The van der Waals surface area contributed by atoms with E-state index in [1.807, 2.05) is 0 Å². The standard InChI is InChI=1S/C11H13N3O4/c1-6(9(12)15)13-11(18)14-8-5-3-2-4-7(8)10(16)17/h2-6H,1H3,(H2,12,15)(H,16,17)(H2,13,14,18). The second kappa shape index (κ2) is 5.67. The van der Waals surface area contributed by atoms with E-state index in [0.29, 0.717) is 0 Å². The number of urea groups is 1. The van der Waals surface area contributed by atoms with Crippen molar-refractivity contribution >= 4 is 23.6 Å². The summed E-state index contributed by atoms with van der Waals surface area (Å²) < 4.78 is 0. The molecule has 1 atom stereocenters. The van der Waals surface area contributed by atoms with Crippen molar-refractivity contribution < 1.29 is 19.5 Å². The maximum absolute atomic E-state index is 11.5. The van der Waals surface area contributed by atoms with E-state index in [2.05, 4.69) is 10.6 Å². The van der Waals surface area contributed by atoms with Crippen molar-refractivity contribution in [2.24, 2.45) is 5.73 Å². The number of primary amides is 1. The number of aromatic carboxylic acids is 1. The Balaban J connectivity index is 2.76. The molecule has 3 amide bonds. The molecule has 5 N–H and O–H groups in total. The van der Waals surface area contributed by atoms with Gasteiger partial charge in [0.25, 0.3) is 0 Å². The van der Waals surface area contributed by atoms with Crippen molar-refractivity contribution in [3.05, 3.63) is 29.8 Å². The fraction of sp³-hybridized carbons (Fsp3) is 0.182. The van der Waals surface area contributed by atoms with Crippen LogP contribution in [0.5, 0.6) is 0 Å². The van der Waals surface area contributed by atoms with E-state index >= 15 is 0 Å². The first-order chi connectivity index (χ1) is 8.41. The van der Waals surface area contributed by atoms with Gasteiger partial charge in [-0.2, -0.15) is 0 Å². The van der Waals surface area contributed by atoms with Crippen LogP contribution in [0.3, 0.4) is 0 Å². The molecule has 0 fully saturated rings. The van der Waals surface area contributed by atoms with Gasteiger partial charge in [-0.3, -0.25) is 4.79 Å². The molecular weight excluding hydrogens is 238 g/mol. The Morgan fingerprint density at radius 3 is 2.44 bits per heavy atom. The van der Waals surface area contributed by atoms with Crippen LogP contribution in [-0.2, 0) is 4.79 Å². The topological polar surface area (TPSA) is 122 Å². The quantitative estimate of drug-likeness (QED) is 0.617. The number of anilines is 1. The molecule has 7 heteroatoms. The highest BCUT2D eigenvalue weighted by Gasteiger charge is 2.15. The minimum atomic E-state index is -1.16. The fourth-order valence-electron chi connectivity index (χ4n) is 1.20. The van der Waals surface area contributed by atoms with Crippen molar-refractivity contribution in [2.45, 2.75) is 13.0 Å². The maximum Gasteiger partial charge on any atom is 0.337 e. The van der Waals surface area contributed by atoms with Crippen LogP contribution in [0.25, 0.3) is 0 Å². The molecule has 0 spiro atoms. The predicted molar refractivity (Wildman–Crippen MR) is 64.2 cm³/mol. The maximum atomic E-state index is 11.5. The van der Waals surface area contributed by atoms with Gasteiger partial charge < -0.3 is 21.5 Å². The van der Waals surface area contributed by atoms with Crippen LogP contribution in [0, 0.1) is 0 Å². The SMILES string of the molecule is CC(NC(=O)Nc1ccccc1C(=O)O)C(N)=O. The van der Waals surface area contributed by atoms with Crippen molar-refractivity contribution in [1.82, 2.24) is 5.32 Å². The predicted octanol–water partition coefficient (Wildman–Crippen LogP) is 0.380. The molecule has 96 valence electrons. The largest absolute Gasteiger partial charge is 0.478 e. The van der Waals surface area contributed by atoms with Crippen LogP contribution in [0.15, 0.2) is 24.3 Å². The lowest BCUT2D eigenvalue weighted by Gasteiger charge is -2.12. The summed E-state index contributed by atoms with van der Waals surface area (Å²) in [5.41, 5.74) is 5.08. The van der Waals surface area contributed by atoms with Crippen LogP contribution in [0.1, 0.15) is 17.3 Å². The number of rotatable bonds is 4. The Labute approximate surface area is 103 Å². The lowest BCUT2D eigenvalue weighted by atomic mass is 10.2. The molecule has 0 heterocycles. The third-order valence-electron chi connectivity index (χ3n) is 2.18. The summed E-state index contributed by atoms with van der Waals surface area (Å²) in [5, 5.41) is 13.5. The highest BCUT2D eigenvalue weighted by molar-refractivity contribution is 6.00. The number of carbonyl (C=O) groups is 3. The highest BCUT2D eigenvalue weighted by atomic mass is 16.4. The van der Waals surface area contributed by atoms with Crippen molar-refractivity contribution in [1.29, 1.82) is 0 Å². The van der Waals surface area contributed by atoms with Crippen LogP contribution < -0.4 is 16.4 Å². The number of hydrogen-bond donors (Lipinski definition) is 4. The lowest BCUT2D eigenvalue weighted by molar-refractivity contribution is -0.119. The third kappa shape index (κ3) is 3.48. The monoisotopic (exact) mass is 251 g/mol. The molecule has 0 saturated carbocycles. The molecule has 0 saturated heterocycles. The molecule has 0 aliphatic rings.